The SMILES string of the molecule is C=S(=O)(C1CC1)N1CCC(C(N)=O)CC1.CC. The fourth-order valence-electron chi connectivity index (χ4n) is 2.10. The first-order valence-electron chi connectivity index (χ1n) is 6.42. The van der Waals surface area contributed by atoms with Crippen molar-refractivity contribution in [2.45, 2.75) is 44.8 Å². The van der Waals surface area contributed by atoms with Gasteiger partial charge in [0, 0.05) is 34.0 Å². The lowest BCUT2D eigenvalue weighted by molar-refractivity contribution is -0.122. The highest BCUT2D eigenvalue weighted by atomic mass is 32.2. The van der Waals surface area contributed by atoms with Crippen LogP contribution in [-0.4, -0.2) is 38.6 Å². The van der Waals surface area contributed by atoms with Crippen LogP contribution in [0.1, 0.15) is 39.5 Å². The van der Waals surface area contributed by atoms with E-state index in [4.69, 9.17) is 5.73 Å². The number of primary amides is 1. The van der Waals surface area contributed by atoms with Crippen molar-refractivity contribution in [3.63, 3.8) is 0 Å². The van der Waals surface area contributed by atoms with Gasteiger partial charge in [-0.05, 0) is 31.6 Å². The third-order valence-electron chi connectivity index (χ3n) is 3.34. The maximum absolute atomic E-state index is 12.3. The van der Waals surface area contributed by atoms with Gasteiger partial charge in [0.2, 0.25) is 5.91 Å². The van der Waals surface area contributed by atoms with E-state index in [0.29, 0.717) is 18.3 Å². The Morgan fingerprint density at radius 1 is 1.24 bits per heavy atom. The lowest BCUT2D eigenvalue weighted by Crippen LogP contribution is -2.42. The first-order valence-corrected chi connectivity index (χ1v) is 8.17. The van der Waals surface area contributed by atoms with Gasteiger partial charge in [0.25, 0.3) is 0 Å². The van der Waals surface area contributed by atoms with E-state index < -0.39 is 9.71 Å². The Labute approximate surface area is 105 Å². The van der Waals surface area contributed by atoms with Crippen molar-refractivity contribution in [2.75, 3.05) is 13.1 Å². The number of nitrogens with two attached hydrogens (primary N) is 1. The van der Waals surface area contributed by atoms with Gasteiger partial charge in [0.15, 0.2) is 0 Å². The number of rotatable bonds is 3. The van der Waals surface area contributed by atoms with Crippen LogP contribution >= 0.6 is 0 Å². The number of amides is 1. The first-order chi connectivity index (χ1) is 8.01. The third-order valence-corrected chi connectivity index (χ3v) is 6.09. The molecular weight excluding hydrogens is 236 g/mol. The standard InChI is InChI=1S/C10H18N2O2S.C2H6/c1-15(14,9-2-3-9)12-6-4-8(5-7-12)10(11)13;1-2/h8-9H,1-7H2,(H2,11,13);1-2H3. The number of hydrogen-bond donors (Lipinski definition) is 1. The average molecular weight is 260 g/mol. The fraction of sp³-hybridized carbons (Fsp3) is 0.833. The molecule has 0 bridgehead atoms. The lowest BCUT2D eigenvalue weighted by atomic mass is 9.98. The molecule has 100 valence electrons. The predicted molar refractivity (Wildman–Crippen MR) is 73.1 cm³/mol. The molecule has 2 fully saturated rings. The van der Waals surface area contributed by atoms with Crippen LogP contribution in [0, 0.1) is 5.92 Å². The van der Waals surface area contributed by atoms with E-state index in [2.05, 4.69) is 5.87 Å². The van der Waals surface area contributed by atoms with Crippen molar-refractivity contribution >= 4 is 21.5 Å². The van der Waals surface area contributed by atoms with Crippen molar-refractivity contribution in [1.82, 2.24) is 4.31 Å². The molecule has 5 heteroatoms. The number of piperidine rings is 1. The van der Waals surface area contributed by atoms with Crippen molar-refractivity contribution in [3.05, 3.63) is 0 Å². The minimum absolute atomic E-state index is 0.0318. The lowest BCUT2D eigenvalue weighted by Gasteiger charge is -2.32. The molecule has 1 unspecified atom stereocenters. The van der Waals surface area contributed by atoms with E-state index in [1.165, 1.54) is 0 Å². The number of carbonyl (C=O) groups is 1. The summed E-state index contributed by atoms with van der Waals surface area (Å²) >= 11 is 0. The fourth-order valence-corrected chi connectivity index (χ4v) is 4.22. The van der Waals surface area contributed by atoms with E-state index in [1.807, 2.05) is 18.2 Å². The number of carbonyl (C=O) groups excluding carboxylic acids is 1. The topological polar surface area (TPSA) is 63.4 Å². The highest BCUT2D eigenvalue weighted by Crippen LogP contribution is 2.33. The second-order valence-corrected chi connectivity index (χ2v) is 7.06. The van der Waals surface area contributed by atoms with E-state index in [0.717, 1.165) is 25.7 Å². The summed E-state index contributed by atoms with van der Waals surface area (Å²) in [6.07, 6.45) is 3.54. The van der Waals surface area contributed by atoms with Gasteiger partial charge in [0.05, 0.1) is 0 Å². The average Bonchev–Trinajstić information content (AvgIpc) is 3.16. The third kappa shape index (κ3) is 3.45. The normalized spacial score (nSPS) is 25.5. The summed E-state index contributed by atoms with van der Waals surface area (Å²) in [4.78, 5) is 11.0. The molecule has 1 aliphatic carbocycles. The summed E-state index contributed by atoms with van der Waals surface area (Å²) in [5.41, 5.74) is 5.25. The van der Waals surface area contributed by atoms with E-state index >= 15 is 0 Å². The molecule has 17 heavy (non-hydrogen) atoms. The molecule has 1 aliphatic heterocycles. The molecule has 4 nitrogen and oxygen atoms in total. The zero-order chi connectivity index (χ0) is 13.1. The molecule has 2 rings (SSSR count). The molecule has 0 radical (unpaired) electrons. The van der Waals surface area contributed by atoms with E-state index in [9.17, 15) is 9.00 Å². The van der Waals surface area contributed by atoms with Gasteiger partial charge in [-0.1, -0.05) is 13.8 Å². The Bertz CT molecular complexity index is 353. The predicted octanol–water partition coefficient (Wildman–Crippen LogP) is 1.00. The van der Waals surface area contributed by atoms with Crippen LogP contribution in [0.15, 0.2) is 0 Å². The molecule has 2 N–H and O–H groups in total. The second kappa shape index (κ2) is 5.87. The summed E-state index contributed by atoms with van der Waals surface area (Å²) < 4.78 is 14.2. The minimum atomic E-state index is -2.06. The molecule has 0 aromatic heterocycles. The van der Waals surface area contributed by atoms with Gasteiger partial charge in [0.1, 0.15) is 0 Å². The van der Waals surface area contributed by atoms with E-state index in [1.54, 1.807) is 0 Å². The molecule has 1 heterocycles. The van der Waals surface area contributed by atoms with Crippen molar-refractivity contribution in [3.8, 4) is 0 Å². The van der Waals surface area contributed by atoms with Gasteiger partial charge in [-0.25, -0.2) is 4.31 Å². The van der Waals surface area contributed by atoms with Crippen LogP contribution in [-0.2, 0) is 14.5 Å². The molecular formula is C12H24N2O2S. The zero-order valence-corrected chi connectivity index (χ0v) is 11.7. The maximum Gasteiger partial charge on any atom is 0.220 e. The van der Waals surface area contributed by atoms with Crippen LogP contribution in [0.5, 0.6) is 0 Å². The summed E-state index contributed by atoms with van der Waals surface area (Å²) in [5, 5.41) is 0.294. The van der Waals surface area contributed by atoms with Crippen molar-refractivity contribution < 1.29 is 9.00 Å². The monoisotopic (exact) mass is 260 g/mol. The Kier molecular flexibility index (Phi) is 5.01. The Morgan fingerprint density at radius 2 is 1.71 bits per heavy atom. The molecule has 1 amide bonds. The molecule has 0 spiro atoms. The quantitative estimate of drug-likeness (QED) is 0.770. The van der Waals surface area contributed by atoms with Gasteiger partial charge >= 0.3 is 0 Å². The van der Waals surface area contributed by atoms with E-state index in [-0.39, 0.29) is 11.8 Å². The first kappa shape index (κ1) is 14.5. The summed E-state index contributed by atoms with van der Waals surface area (Å²) in [6, 6.07) is 0. The highest BCUT2D eigenvalue weighted by molar-refractivity contribution is 7.99. The van der Waals surface area contributed by atoms with Crippen LogP contribution < -0.4 is 5.73 Å². The zero-order valence-electron chi connectivity index (χ0n) is 10.9. The van der Waals surface area contributed by atoms with Gasteiger partial charge < -0.3 is 5.73 Å². The van der Waals surface area contributed by atoms with Crippen LogP contribution in [0.3, 0.4) is 0 Å². The Balaban J connectivity index is 0.000000686. The summed E-state index contributed by atoms with van der Waals surface area (Å²) in [7, 11) is -2.06. The smallest absolute Gasteiger partial charge is 0.220 e. The number of nitrogens with zero attached hydrogens (tertiary/aromatic N) is 1. The molecule has 1 saturated carbocycles. The largest absolute Gasteiger partial charge is 0.369 e. The summed E-state index contributed by atoms with van der Waals surface area (Å²) in [5.74, 6) is 3.61. The molecule has 1 saturated heterocycles. The van der Waals surface area contributed by atoms with Gasteiger partial charge in [-0.15, -0.1) is 0 Å². The highest BCUT2D eigenvalue weighted by Gasteiger charge is 2.36. The second-order valence-electron chi connectivity index (χ2n) is 4.49. The Morgan fingerprint density at radius 3 is 2.06 bits per heavy atom. The molecule has 1 atom stereocenters. The van der Waals surface area contributed by atoms with Crippen LogP contribution in [0.2, 0.25) is 0 Å². The Hall–Kier alpha value is -0.550. The molecule has 0 aromatic rings. The maximum atomic E-state index is 12.3. The molecule has 0 aromatic carbocycles. The van der Waals surface area contributed by atoms with Gasteiger partial charge in [-0.2, -0.15) is 0 Å². The van der Waals surface area contributed by atoms with Crippen LogP contribution in [0.25, 0.3) is 0 Å². The van der Waals surface area contributed by atoms with Crippen LogP contribution in [0.4, 0.5) is 0 Å². The van der Waals surface area contributed by atoms with Crippen molar-refractivity contribution in [2.24, 2.45) is 11.7 Å². The van der Waals surface area contributed by atoms with Crippen molar-refractivity contribution in [1.29, 1.82) is 0 Å². The summed E-state index contributed by atoms with van der Waals surface area (Å²) in [6.45, 7) is 5.40. The molecule has 2 aliphatic rings. The minimum Gasteiger partial charge on any atom is -0.369 e. The number of hydrogen-bond acceptors (Lipinski definition) is 2. The van der Waals surface area contributed by atoms with Gasteiger partial charge in [-0.3, -0.25) is 9.00 Å².